The molecule has 0 amide bonds. The van der Waals surface area contributed by atoms with Crippen LogP contribution in [0.1, 0.15) is 35.2 Å². The van der Waals surface area contributed by atoms with Crippen LogP contribution >= 0.6 is 11.7 Å². The van der Waals surface area contributed by atoms with Crippen molar-refractivity contribution in [3.63, 3.8) is 0 Å². The standard InChI is InChI=1S/C20H20N2O5S/c1-4-27-20(24)14(12-5-7-16-17(9-12)22-28-21-16)11-18(23)15-10-13(25-2)6-8-19(15)26-3/h5-10,14H,4,11H2,1-3H3. The predicted octanol–water partition coefficient (Wildman–Crippen LogP) is 3.63. The van der Waals surface area contributed by atoms with Crippen LogP contribution < -0.4 is 9.47 Å². The molecule has 0 N–H and O–H groups in total. The van der Waals surface area contributed by atoms with Crippen molar-refractivity contribution in [2.75, 3.05) is 20.8 Å². The lowest BCUT2D eigenvalue weighted by Gasteiger charge is -2.16. The molecule has 0 aliphatic carbocycles. The lowest BCUT2D eigenvalue weighted by atomic mass is 9.91. The Morgan fingerprint density at radius 1 is 1.04 bits per heavy atom. The van der Waals surface area contributed by atoms with Crippen LogP contribution in [0.3, 0.4) is 0 Å². The molecule has 3 aromatic rings. The first-order valence-electron chi connectivity index (χ1n) is 8.71. The van der Waals surface area contributed by atoms with E-state index in [2.05, 4.69) is 8.75 Å². The molecule has 0 aliphatic rings. The zero-order chi connectivity index (χ0) is 20.1. The minimum absolute atomic E-state index is 0.0641. The number of fused-ring (bicyclic) bond motifs is 1. The summed E-state index contributed by atoms with van der Waals surface area (Å²) in [7, 11) is 3.01. The van der Waals surface area contributed by atoms with Crippen molar-refractivity contribution in [1.82, 2.24) is 8.75 Å². The fraction of sp³-hybridized carbons (Fsp3) is 0.300. The summed E-state index contributed by atoms with van der Waals surface area (Å²) in [6, 6.07) is 10.3. The zero-order valence-electron chi connectivity index (χ0n) is 15.8. The average Bonchev–Trinajstić information content (AvgIpc) is 3.19. The van der Waals surface area contributed by atoms with Crippen LogP contribution in [0.4, 0.5) is 0 Å². The summed E-state index contributed by atoms with van der Waals surface area (Å²) in [4.78, 5) is 25.6. The first-order valence-corrected chi connectivity index (χ1v) is 9.44. The van der Waals surface area contributed by atoms with Gasteiger partial charge in [-0.1, -0.05) is 6.07 Å². The van der Waals surface area contributed by atoms with Gasteiger partial charge in [0.2, 0.25) is 0 Å². The van der Waals surface area contributed by atoms with Crippen LogP contribution in [-0.2, 0) is 9.53 Å². The molecule has 0 saturated carbocycles. The Morgan fingerprint density at radius 2 is 1.82 bits per heavy atom. The molecule has 0 aliphatic heterocycles. The molecule has 0 radical (unpaired) electrons. The lowest BCUT2D eigenvalue weighted by molar-refractivity contribution is -0.144. The summed E-state index contributed by atoms with van der Waals surface area (Å²) in [5, 5.41) is 0. The minimum Gasteiger partial charge on any atom is -0.497 e. The Labute approximate surface area is 166 Å². The molecule has 2 aromatic carbocycles. The smallest absolute Gasteiger partial charge is 0.313 e. The van der Waals surface area contributed by atoms with Crippen LogP contribution in [0, 0.1) is 0 Å². The van der Waals surface area contributed by atoms with Gasteiger partial charge in [-0.25, -0.2) is 0 Å². The average molecular weight is 400 g/mol. The molecular formula is C20H20N2O5S. The van der Waals surface area contributed by atoms with E-state index < -0.39 is 11.9 Å². The van der Waals surface area contributed by atoms with E-state index in [4.69, 9.17) is 14.2 Å². The van der Waals surface area contributed by atoms with E-state index in [1.165, 1.54) is 14.2 Å². The van der Waals surface area contributed by atoms with Gasteiger partial charge in [0.15, 0.2) is 5.78 Å². The van der Waals surface area contributed by atoms with Gasteiger partial charge in [0, 0.05) is 6.42 Å². The van der Waals surface area contributed by atoms with Gasteiger partial charge in [0.25, 0.3) is 0 Å². The number of nitrogens with zero attached hydrogens (tertiary/aromatic N) is 2. The van der Waals surface area contributed by atoms with Crippen molar-refractivity contribution >= 4 is 34.5 Å². The highest BCUT2D eigenvalue weighted by Gasteiger charge is 2.27. The molecule has 146 valence electrons. The van der Waals surface area contributed by atoms with E-state index in [0.29, 0.717) is 28.1 Å². The molecule has 0 fully saturated rings. The number of ketones is 1. The minimum atomic E-state index is -0.755. The summed E-state index contributed by atoms with van der Waals surface area (Å²) in [6.07, 6.45) is -0.0641. The number of Topliss-reactive ketones (excluding diaryl/α,β-unsaturated/α-hetero) is 1. The first kappa shape index (κ1) is 19.8. The maximum atomic E-state index is 13.0. The number of aromatic nitrogens is 2. The molecule has 3 rings (SSSR count). The second kappa shape index (κ2) is 8.79. The molecule has 0 spiro atoms. The van der Waals surface area contributed by atoms with E-state index in [1.807, 2.05) is 0 Å². The topological polar surface area (TPSA) is 87.6 Å². The third-order valence-corrected chi connectivity index (χ3v) is 4.90. The molecule has 0 bridgehead atoms. The molecule has 7 nitrogen and oxygen atoms in total. The number of methoxy groups -OCH3 is 2. The number of esters is 1. The maximum Gasteiger partial charge on any atom is 0.313 e. The molecule has 1 atom stereocenters. The van der Waals surface area contributed by atoms with Gasteiger partial charge in [-0.15, -0.1) is 0 Å². The van der Waals surface area contributed by atoms with Crippen LogP contribution in [-0.4, -0.2) is 41.3 Å². The Balaban J connectivity index is 1.95. The molecule has 8 heteroatoms. The third kappa shape index (κ3) is 4.12. The van der Waals surface area contributed by atoms with E-state index in [-0.39, 0.29) is 18.8 Å². The van der Waals surface area contributed by atoms with Crippen molar-refractivity contribution in [3.8, 4) is 11.5 Å². The first-order chi connectivity index (χ1) is 13.6. The highest BCUT2D eigenvalue weighted by atomic mass is 32.1. The van der Waals surface area contributed by atoms with Gasteiger partial charge < -0.3 is 14.2 Å². The number of ether oxygens (including phenoxy) is 3. The number of carbonyl (C=O) groups is 2. The third-order valence-electron chi connectivity index (χ3n) is 4.35. The number of carbonyl (C=O) groups excluding carboxylic acids is 2. The fourth-order valence-corrected chi connectivity index (χ4v) is 3.44. The Bertz CT molecular complexity index is 1000. The largest absolute Gasteiger partial charge is 0.497 e. The van der Waals surface area contributed by atoms with Crippen LogP contribution in [0.5, 0.6) is 11.5 Å². The number of hydrogen-bond acceptors (Lipinski definition) is 8. The summed E-state index contributed by atoms with van der Waals surface area (Å²) in [5.74, 6) is -0.501. The maximum absolute atomic E-state index is 13.0. The number of rotatable bonds is 8. The van der Waals surface area contributed by atoms with Crippen molar-refractivity contribution in [2.45, 2.75) is 19.3 Å². The normalized spacial score (nSPS) is 11.8. The summed E-state index contributed by atoms with van der Waals surface area (Å²) in [5.41, 5.74) is 2.45. The van der Waals surface area contributed by atoms with E-state index in [9.17, 15) is 9.59 Å². The van der Waals surface area contributed by atoms with Crippen molar-refractivity contribution < 1.29 is 23.8 Å². The van der Waals surface area contributed by atoms with Gasteiger partial charge in [-0.05, 0) is 42.8 Å². The van der Waals surface area contributed by atoms with E-state index >= 15 is 0 Å². The van der Waals surface area contributed by atoms with E-state index in [0.717, 1.165) is 17.2 Å². The predicted molar refractivity (Wildman–Crippen MR) is 105 cm³/mol. The van der Waals surface area contributed by atoms with Gasteiger partial charge in [-0.3, -0.25) is 9.59 Å². The number of hydrogen-bond donors (Lipinski definition) is 0. The van der Waals surface area contributed by atoms with Crippen molar-refractivity contribution in [1.29, 1.82) is 0 Å². The molecule has 1 heterocycles. The van der Waals surface area contributed by atoms with E-state index in [1.54, 1.807) is 43.3 Å². The quantitative estimate of drug-likeness (QED) is 0.421. The molecule has 1 aromatic heterocycles. The summed E-state index contributed by atoms with van der Waals surface area (Å²) >= 11 is 1.10. The second-order valence-electron chi connectivity index (χ2n) is 6.01. The lowest BCUT2D eigenvalue weighted by Crippen LogP contribution is -2.20. The van der Waals surface area contributed by atoms with Gasteiger partial charge >= 0.3 is 5.97 Å². The highest BCUT2D eigenvalue weighted by Crippen LogP contribution is 2.30. The summed E-state index contributed by atoms with van der Waals surface area (Å²) < 4.78 is 24.1. The van der Waals surface area contributed by atoms with Gasteiger partial charge in [0.05, 0.1) is 44.0 Å². The summed E-state index contributed by atoms with van der Waals surface area (Å²) in [6.45, 7) is 1.96. The van der Waals surface area contributed by atoms with Gasteiger partial charge in [-0.2, -0.15) is 8.75 Å². The SMILES string of the molecule is CCOC(=O)C(CC(=O)c1cc(OC)ccc1OC)c1ccc2nsnc2c1. The van der Waals surface area contributed by atoms with Crippen molar-refractivity contribution in [2.24, 2.45) is 0 Å². The highest BCUT2D eigenvalue weighted by molar-refractivity contribution is 7.00. The Kier molecular flexibility index (Phi) is 6.20. The van der Waals surface area contributed by atoms with Crippen molar-refractivity contribution in [3.05, 3.63) is 47.5 Å². The van der Waals surface area contributed by atoms with Crippen LogP contribution in [0.2, 0.25) is 0 Å². The monoisotopic (exact) mass is 400 g/mol. The Morgan fingerprint density at radius 3 is 2.54 bits per heavy atom. The van der Waals surface area contributed by atoms with Gasteiger partial charge in [0.1, 0.15) is 22.5 Å². The van der Waals surface area contributed by atoms with Crippen LogP contribution in [0.15, 0.2) is 36.4 Å². The number of benzene rings is 2. The van der Waals surface area contributed by atoms with Crippen LogP contribution in [0.25, 0.3) is 11.0 Å². The molecule has 1 unspecified atom stereocenters. The zero-order valence-corrected chi connectivity index (χ0v) is 16.6. The molecule has 0 saturated heterocycles. The molecule has 28 heavy (non-hydrogen) atoms. The molecular weight excluding hydrogens is 380 g/mol. The second-order valence-corrected chi connectivity index (χ2v) is 6.54. The Hall–Kier alpha value is -3.00. The fourth-order valence-electron chi connectivity index (χ4n) is 2.92.